The molecule has 0 spiro atoms. The van der Waals surface area contributed by atoms with Gasteiger partial charge in [-0.2, -0.15) is 0 Å². The van der Waals surface area contributed by atoms with Gasteiger partial charge in [0.2, 0.25) is 5.84 Å². The Bertz CT molecular complexity index is 202. The molecule has 2 nitrogen and oxygen atoms in total. The summed E-state index contributed by atoms with van der Waals surface area (Å²) >= 11 is 0. The van der Waals surface area contributed by atoms with Crippen molar-refractivity contribution >= 4 is 5.84 Å². The molecule has 2 heteroatoms. The molecule has 0 saturated carbocycles. The third-order valence-corrected chi connectivity index (χ3v) is 3.19. The van der Waals surface area contributed by atoms with Gasteiger partial charge < -0.3 is 0 Å². The largest absolute Gasteiger partial charge is 0.264 e. The van der Waals surface area contributed by atoms with E-state index in [0.29, 0.717) is 0 Å². The van der Waals surface area contributed by atoms with E-state index in [1.807, 2.05) is 0 Å². The molecule has 1 rings (SSSR count). The van der Waals surface area contributed by atoms with Gasteiger partial charge in [0, 0.05) is 0 Å². The van der Waals surface area contributed by atoms with E-state index in [9.17, 15) is 0 Å². The highest BCUT2D eigenvalue weighted by Gasteiger charge is 2.31. The Balaban J connectivity index is 2.70. The van der Waals surface area contributed by atoms with Gasteiger partial charge in [0.15, 0.2) is 0 Å². The predicted molar refractivity (Wildman–Crippen MR) is 62.0 cm³/mol. The first-order valence-corrected chi connectivity index (χ1v) is 5.99. The SMILES string of the molecule is CCCC(CCC)C1=[N+](C)CCN1C. The average molecular weight is 197 g/mol. The summed E-state index contributed by atoms with van der Waals surface area (Å²) in [5, 5.41) is 0. The maximum absolute atomic E-state index is 2.44. The minimum Gasteiger partial charge on any atom is -0.264 e. The van der Waals surface area contributed by atoms with Crippen molar-refractivity contribution in [2.75, 3.05) is 27.2 Å². The van der Waals surface area contributed by atoms with Crippen molar-refractivity contribution in [3.05, 3.63) is 0 Å². The zero-order valence-electron chi connectivity index (χ0n) is 10.2. The Morgan fingerprint density at radius 1 is 1.29 bits per heavy atom. The number of amidine groups is 1. The van der Waals surface area contributed by atoms with Gasteiger partial charge in [-0.15, -0.1) is 0 Å². The van der Waals surface area contributed by atoms with Gasteiger partial charge in [-0.1, -0.05) is 26.7 Å². The summed E-state index contributed by atoms with van der Waals surface area (Å²) in [6.45, 7) is 6.99. The van der Waals surface area contributed by atoms with Crippen LogP contribution in [0.25, 0.3) is 0 Å². The lowest BCUT2D eigenvalue weighted by molar-refractivity contribution is -0.489. The topological polar surface area (TPSA) is 6.25 Å². The monoisotopic (exact) mass is 197 g/mol. The fraction of sp³-hybridized carbons (Fsp3) is 0.917. The summed E-state index contributed by atoms with van der Waals surface area (Å²) < 4.78 is 2.44. The molecule has 0 aliphatic carbocycles. The van der Waals surface area contributed by atoms with E-state index in [-0.39, 0.29) is 0 Å². The molecule has 0 radical (unpaired) electrons. The molecule has 0 aromatic carbocycles. The lowest BCUT2D eigenvalue weighted by atomic mass is 9.96. The van der Waals surface area contributed by atoms with Gasteiger partial charge in [0.1, 0.15) is 13.1 Å². The van der Waals surface area contributed by atoms with Crippen molar-refractivity contribution < 1.29 is 4.58 Å². The fourth-order valence-electron chi connectivity index (χ4n) is 2.54. The second-order valence-corrected chi connectivity index (χ2v) is 4.48. The molecule has 0 saturated heterocycles. The molecule has 0 fully saturated rings. The minimum atomic E-state index is 0.794. The van der Waals surface area contributed by atoms with Crippen LogP contribution < -0.4 is 0 Å². The smallest absolute Gasteiger partial charge is 0.249 e. The van der Waals surface area contributed by atoms with Crippen molar-refractivity contribution in [1.29, 1.82) is 0 Å². The van der Waals surface area contributed by atoms with Crippen LogP contribution in [0.2, 0.25) is 0 Å². The third kappa shape index (κ3) is 2.49. The maximum Gasteiger partial charge on any atom is 0.249 e. The molecule has 82 valence electrons. The minimum absolute atomic E-state index is 0.794. The first-order chi connectivity index (χ1) is 6.70. The summed E-state index contributed by atoms with van der Waals surface area (Å²) in [6.07, 6.45) is 5.29. The summed E-state index contributed by atoms with van der Waals surface area (Å²) in [5.41, 5.74) is 0. The Labute approximate surface area is 88.6 Å². The van der Waals surface area contributed by atoms with Crippen LogP contribution in [0, 0.1) is 5.92 Å². The second-order valence-electron chi connectivity index (χ2n) is 4.48. The van der Waals surface area contributed by atoms with Gasteiger partial charge in [0.25, 0.3) is 0 Å². The van der Waals surface area contributed by atoms with Crippen molar-refractivity contribution in [3.8, 4) is 0 Å². The van der Waals surface area contributed by atoms with Gasteiger partial charge in [-0.05, 0) is 12.8 Å². The predicted octanol–water partition coefficient (Wildman–Crippen LogP) is 2.19. The summed E-state index contributed by atoms with van der Waals surface area (Å²) in [6, 6.07) is 0. The molecule has 1 aliphatic heterocycles. The first kappa shape index (κ1) is 11.5. The molecule has 14 heavy (non-hydrogen) atoms. The zero-order chi connectivity index (χ0) is 10.6. The molecule has 0 aromatic rings. The molecule has 0 bridgehead atoms. The van der Waals surface area contributed by atoms with Gasteiger partial charge in [-0.3, -0.25) is 9.48 Å². The Hall–Kier alpha value is -0.530. The van der Waals surface area contributed by atoms with Crippen molar-refractivity contribution in [2.24, 2.45) is 5.92 Å². The number of hydrogen-bond donors (Lipinski definition) is 0. The average Bonchev–Trinajstić information content (AvgIpc) is 2.46. The quantitative estimate of drug-likeness (QED) is 0.612. The lowest BCUT2D eigenvalue weighted by Crippen LogP contribution is -2.32. The van der Waals surface area contributed by atoms with E-state index < -0.39 is 0 Å². The summed E-state index contributed by atoms with van der Waals surface area (Å²) in [7, 11) is 4.47. The first-order valence-electron chi connectivity index (χ1n) is 5.99. The molecule has 0 amide bonds. The molecule has 0 unspecified atom stereocenters. The van der Waals surface area contributed by atoms with Crippen molar-refractivity contribution in [1.82, 2.24) is 4.90 Å². The Kier molecular flexibility index (Phi) is 4.43. The molecular formula is C12H25N2+. The number of rotatable bonds is 5. The van der Waals surface area contributed by atoms with Crippen LogP contribution in [0.1, 0.15) is 39.5 Å². The van der Waals surface area contributed by atoms with E-state index in [2.05, 4.69) is 37.4 Å². The molecule has 1 aliphatic rings. The van der Waals surface area contributed by atoms with Gasteiger partial charge in [0.05, 0.1) is 20.0 Å². The van der Waals surface area contributed by atoms with E-state index in [1.54, 1.807) is 5.84 Å². The number of likely N-dealkylation sites (N-methyl/N-ethyl adjacent to an activating group) is 2. The summed E-state index contributed by atoms with van der Waals surface area (Å²) in [5.74, 6) is 2.37. The Morgan fingerprint density at radius 2 is 1.86 bits per heavy atom. The van der Waals surface area contributed by atoms with E-state index in [4.69, 9.17) is 0 Å². The van der Waals surface area contributed by atoms with Gasteiger partial charge >= 0.3 is 0 Å². The van der Waals surface area contributed by atoms with Crippen LogP contribution in [0.3, 0.4) is 0 Å². The van der Waals surface area contributed by atoms with Crippen molar-refractivity contribution in [2.45, 2.75) is 39.5 Å². The zero-order valence-corrected chi connectivity index (χ0v) is 10.2. The lowest BCUT2D eigenvalue weighted by Gasteiger charge is -2.17. The highest BCUT2D eigenvalue weighted by molar-refractivity contribution is 5.80. The second kappa shape index (κ2) is 5.38. The van der Waals surface area contributed by atoms with E-state index in [0.717, 1.165) is 5.92 Å². The van der Waals surface area contributed by atoms with Crippen molar-refractivity contribution in [3.63, 3.8) is 0 Å². The highest BCUT2D eigenvalue weighted by atomic mass is 15.3. The molecular weight excluding hydrogens is 172 g/mol. The van der Waals surface area contributed by atoms with Crippen LogP contribution in [0.15, 0.2) is 0 Å². The number of nitrogens with zero attached hydrogens (tertiary/aromatic N) is 2. The third-order valence-electron chi connectivity index (χ3n) is 3.19. The van der Waals surface area contributed by atoms with E-state index >= 15 is 0 Å². The van der Waals surface area contributed by atoms with Crippen LogP contribution in [-0.4, -0.2) is 42.5 Å². The van der Waals surface area contributed by atoms with Crippen LogP contribution in [0.5, 0.6) is 0 Å². The van der Waals surface area contributed by atoms with Crippen LogP contribution >= 0.6 is 0 Å². The fourth-order valence-corrected chi connectivity index (χ4v) is 2.54. The van der Waals surface area contributed by atoms with Crippen LogP contribution in [0.4, 0.5) is 0 Å². The molecule has 1 heterocycles. The van der Waals surface area contributed by atoms with Crippen LogP contribution in [-0.2, 0) is 0 Å². The molecule has 0 atom stereocenters. The van der Waals surface area contributed by atoms with E-state index in [1.165, 1.54) is 38.8 Å². The standard InChI is InChI=1S/C12H25N2/c1-5-7-11(8-6-2)12-13(3)9-10-14(12)4/h11H,5-10H2,1-4H3/q+1. The summed E-state index contributed by atoms with van der Waals surface area (Å²) in [4.78, 5) is 2.44. The van der Waals surface area contributed by atoms with Gasteiger partial charge in [-0.25, -0.2) is 0 Å². The normalized spacial score (nSPS) is 17.4. The molecule has 0 N–H and O–H groups in total. The number of hydrogen-bond acceptors (Lipinski definition) is 1. The Morgan fingerprint density at radius 3 is 2.21 bits per heavy atom. The highest BCUT2D eigenvalue weighted by Crippen LogP contribution is 2.19. The maximum atomic E-state index is 2.44. The molecule has 0 aromatic heterocycles.